The fraction of sp³-hybridized carbons (Fsp3) is 0.158. The smallest absolute Gasteiger partial charge is 0.271 e. The number of amides is 1. The van der Waals surface area contributed by atoms with Crippen LogP contribution in [0.2, 0.25) is 5.02 Å². The van der Waals surface area contributed by atoms with Crippen molar-refractivity contribution in [2.45, 2.75) is 19.9 Å². The Morgan fingerprint density at radius 2 is 2.07 bits per heavy atom. The molecule has 7 nitrogen and oxygen atoms in total. The Labute approximate surface area is 168 Å². The van der Waals surface area contributed by atoms with Crippen LogP contribution < -0.4 is 10.9 Å². The van der Waals surface area contributed by atoms with Crippen molar-refractivity contribution in [3.8, 4) is 10.4 Å². The van der Waals surface area contributed by atoms with Gasteiger partial charge in [-0.15, -0.1) is 11.3 Å². The summed E-state index contributed by atoms with van der Waals surface area (Å²) >= 11 is 7.31. The summed E-state index contributed by atoms with van der Waals surface area (Å²) < 4.78 is 6.90. The van der Waals surface area contributed by atoms with E-state index in [1.807, 2.05) is 30.3 Å². The third kappa shape index (κ3) is 3.83. The molecule has 0 atom stereocenters. The van der Waals surface area contributed by atoms with Gasteiger partial charge in [-0.05, 0) is 30.7 Å². The highest BCUT2D eigenvalue weighted by Gasteiger charge is 2.12. The van der Waals surface area contributed by atoms with Gasteiger partial charge in [-0.25, -0.2) is 4.98 Å². The largest absolute Gasteiger partial charge is 0.360 e. The summed E-state index contributed by atoms with van der Waals surface area (Å²) in [6.45, 7) is 1.96. The number of carbonyl (C=O) groups excluding carboxylic acids is 1. The van der Waals surface area contributed by atoms with Crippen LogP contribution in [-0.4, -0.2) is 20.6 Å². The van der Waals surface area contributed by atoms with E-state index >= 15 is 0 Å². The number of nitrogens with one attached hydrogen (secondary N) is 1. The van der Waals surface area contributed by atoms with E-state index < -0.39 is 0 Å². The normalized spacial score (nSPS) is 11.1. The van der Waals surface area contributed by atoms with E-state index in [9.17, 15) is 9.59 Å². The quantitative estimate of drug-likeness (QED) is 0.530. The molecule has 0 saturated heterocycles. The molecule has 0 aliphatic carbocycles. The molecule has 28 heavy (non-hydrogen) atoms. The first-order chi connectivity index (χ1) is 13.5. The van der Waals surface area contributed by atoms with Crippen molar-refractivity contribution in [2.75, 3.05) is 5.32 Å². The van der Waals surface area contributed by atoms with Crippen molar-refractivity contribution in [3.05, 3.63) is 63.9 Å². The second kappa shape index (κ2) is 7.57. The number of hydrogen-bond acceptors (Lipinski definition) is 6. The molecule has 1 amide bonds. The minimum Gasteiger partial charge on any atom is -0.360 e. The summed E-state index contributed by atoms with van der Waals surface area (Å²) in [6, 6.07) is 10.9. The van der Waals surface area contributed by atoms with Crippen LogP contribution in [-0.2, 0) is 11.3 Å². The van der Waals surface area contributed by atoms with Gasteiger partial charge < -0.3 is 9.84 Å². The SMILES string of the molecule is Cc1cc(NC(=O)CCn2cnc3cc(-c4ccc(Cl)cc4)sc3c2=O)no1. The van der Waals surface area contributed by atoms with Crippen molar-refractivity contribution in [2.24, 2.45) is 0 Å². The lowest BCUT2D eigenvalue weighted by molar-refractivity contribution is -0.116. The van der Waals surface area contributed by atoms with Crippen molar-refractivity contribution in [1.29, 1.82) is 0 Å². The van der Waals surface area contributed by atoms with E-state index in [-0.39, 0.29) is 24.4 Å². The molecule has 1 N–H and O–H groups in total. The van der Waals surface area contributed by atoms with Crippen LogP contribution in [0.5, 0.6) is 0 Å². The number of fused-ring (bicyclic) bond motifs is 1. The fourth-order valence-electron chi connectivity index (χ4n) is 2.71. The summed E-state index contributed by atoms with van der Waals surface area (Å²) in [5, 5.41) is 7.00. The molecule has 0 radical (unpaired) electrons. The molecule has 142 valence electrons. The zero-order chi connectivity index (χ0) is 19.7. The zero-order valence-corrected chi connectivity index (χ0v) is 16.4. The zero-order valence-electron chi connectivity index (χ0n) is 14.8. The van der Waals surface area contributed by atoms with Gasteiger partial charge in [0.25, 0.3) is 5.56 Å². The van der Waals surface area contributed by atoms with Crippen LogP contribution in [0.25, 0.3) is 20.7 Å². The molecule has 0 aliphatic heterocycles. The van der Waals surface area contributed by atoms with Crippen molar-refractivity contribution in [1.82, 2.24) is 14.7 Å². The van der Waals surface area contributed by atoms with Crippen molar-refractivity contribution in [3.63, 3.8) is 0 Å². The first-order valence-corrected chi connectivity index (χ1v) is 9.67. The Hall–Kier alpha value is -2.97. The molecule has 3 heterocycles. The van der Waals surface area contributed by atoms with Gasteiger partial charge in [0.15, 0.2) is 5.82 Å². The Kier molecular flexibility index (Phi) is 4.97. The van der Waals surface area contributed by atoms with E-state index in [1.165, 1.54) is 22.2 Å². The molecule has 4 rings (SSSR count). The second-order valence-corrected chi connectivity index (χ2v) is 7.68. The lowest BCUT2D eigenvalue weighted by Crippen LogP contribution is -2.23. The maximum atomic E-state index is 12.8. The van der Waals surface area contributed by atoms with Gasteiger partial charge in [0.2, 0.25) is 5.91 Å². The maximum absolute atomic E-state index is 12.8. The maximum Gasteiger partial charge on any atom is 0.271 e. The van der Waals surface area contributed by atoms with Gasteiger partial charge in [-0.2, -0.15) is 0 Å². The third-order valence-electron chi connectivity index (χ3n) is 4.11. The van der Waals surface area contributed by atoms with Crippen LogP contribution in [0.3, 0.4) is 0 Å². The molecule has 0 spiro atoms. The summed E-state index contributed by atoms with van der Waals surface area (Å²) in [5.74, 6) is 0.706. The topological polar surface area (TPSA) is 90.0 Å². The van der Waals surface area contributed by atoms with E-state index in [2.05, 4.69) is 15.5 Å². The van der Waals surface area contributed by atoms with Crippen LogP contribution in [0.4, 0.5) is 5.82 Å². The predicted molar refractivity (Wildman–Crippen MR) is 109 cm³/mol. The average molecular weight is 415 g/mol. The highest BCUT2D eigenvalue weighted by molar-refractivity contribution is 7.22. The molecule has 4 aromatic rings. The minimum atomic E-state index is -0.256. The van der Waals surface area contributed by atoms with E-state index in [1.54, 1.807) is 13.0 Å². The van der Waals surface area contributed by atoms with Gasteiger partial charge in [-0.1, -0.05) is 28.9 Å². The number of anilines is 1. The minimum absolute atomic E-state index is 0.119. The highest BCUT2D eigenvalue weighted by atomic mass is 35.5. The van der Waals surface area contributed by atoms with Crippen LogP contribution in [0.1, 0.15) is 12.2 Å². The van der Waals surface area contributed by atoms with Crippen molar-refractivity contribution < 1.29 is 9.32 Å². The monoisotopic (exact) mass is 414 g/mol. The van der Waals surface area contributed by atoms with Gasteiger partial charge >= 0.3 is 0 Å². The second-order valence-electron chi connectivity index (χ2n) is 6.20. The first-order valence-electron chi connectivity index (χ1n) is 8.48. The number of rotatable bonds is 5. The number of aryl methyl sites for hydroxylation is 2. The van der Waals surface area contributed by atoms with Gasteiger partial charge in [0.1, 0.15) is 10.5 Å². The lowest BCUT2D eigenvalue weighted by Gasteiger charge is -2.04. The number of hydrogen-bond donors (Lipinski definition) is 1. The summed E-state index contributed by atoms with van der Waals surface area (Å²) in [5.41, 5.74) is 1.44. The van der Waals surface area contributed by atoms with Crippen LogP contribution in [0, 0.1) is 6.92 Å². The number of nitrogens with zero attached hydrogens (tertiary/aromatic N) is 3. The highest BCUT2D eigenvalue weighted by Crippen LogP contribution is 2.31. The Balaban J connectivity index is 1.52. The molecule has 1 aromatic carbocycles. The third-order valence-corrected chi connectivity index (χ3v) is 5.52. The lowest BCUT2D eigenvalue weighted by atomic mass is 10.2. The molecule has 0 fully saturated rings. The summed E-state index contributed by atoms with van der Waals surface area (Å²) in [6.07, 6.45) is 1.59. The standard InChI is InChI=1S/C19H15ClN4O3S/c1-11-8-16(23-27-11)22-17(25)6-7-24-10-21-14-9-15(28-18(14)19(24)26)12-2-4-13(20)5-3-12/h2-5,8-10H,6-7H2,1H3,(H,22,23,25). The first kappa shape index (κ1) is 18.4. The molecule has 0 aliphatic rings. The van der Waals surface area contributed by atoms with E-state index in [0.29, 0.717) is 26.8 Å². The number of carbonyl (C=O) groups is 1. The van der Waals surface area contributed by atoms with Gasteiger partial charge in [0.05, 0.1) is 11.8 Å². The summed E-state index contributed by atoms with van der Waals surface area (Å²) in [7, 11) is 0. The Morgan fingerprint density at radius 3 is 2.79 bits per heavy atom. The molecule has 9 heteroatoms. The Morgan fingerprint density at radius 1 is 1.29 bits per heavy atom. The van der Waals surface area contributed by atoms with E-state index in [4.69, 9.17) is 16.1 Å². The number of benzene rings is 1. The molecule has 0 saturated carbocycles. The summed E-state index contributed by atoms with van der Waals surface area (Å²) in [4.78, 5) is 30.1. The molecule has 0 bridgehead atoms. The Bertz CT molecular complexity index is 1210. The van der Waals surface area contributed by atoms with E-state index in [0.717, 1.165) is 10.4 Å². The molecular formula is C19H15ClN4O3S. The molecular weight excluding hydrogens is 400 g/mol. The number of halogens is 1. The average Bonchev–Trinajstić information content (AvgIpc) is 3.28. The van der Waals surface area contributed by atoms with Gasteiger partial charge in [0, 0.05) is 28.9 Å². The van der Waals surface area contributed by atoms with Crippen LogP contribution in [0.15, 0.2) is 52.0 Å². The number of thiophene rings is 1. The molecule has 0 unspecified atom stereocenters. The van der Waals surface area contributed by atoms with Crippen LogP contribution >= 0.6 is 22.9 Å². The molecule has 3 aromatic heterocycles. The van der Waals surface area contributed by atoms with Gasteiger partial charge in [-0.3, -0.25) is 14.2 Å². The van der Waals surface area contributed by atoms with Crippen molar-refractivity contribution >= 4 is 44.9 Å². The predicted octanol–water partition coefficient (Wildman–Crippen LogP) is 4.10. The number of aromatic nitrogens is 3. The fourth-order valence-corrected chi connectivity index (χ4v) is 3.90.